The first kappa shape index (κ1) is 14.1. The molecule has 1 aliphatic rings. The molecule has 1 fully saturated rings. The van der Waals surface area contributed by atoms with Gasteiger partial charge >= 0.3 is 0 Å². The zero-order valence-electron chi connectivity index (χ0n) is 12.1. The molecule has 0 unspecified atom stereocenters. The monoisotopic (exact) mass is 264 g/mol. The second-order valence-corrected chi connectivity index (χ2v) is 5.46. The zero-order chi connectivity index (χ0) is 13.7. The van der Waals surface area contributed by atoms with Crippen LogP contribution in [0.25, 0.3) is 0 Å². The molecule has 1 saturated heterocycles. The summed E-state index contributed by atoms with van der Waals surface area (Å²) in [6.45, 7) is 9.05. The molecule has 106 valence electrons. The van der Waals surface area contributed by atoms with Crippen molar-refractivity contribution < 1.29 is 4.74 Å². The van der Waals surface area contributed by atoms with Gasteiger partial charge in [0.05, 0.1) is 6.61 Å². The van der Waals surface area contributed by atoms with E-state index in [-0.39, 0.29) is 5.54 Å². The Morgan fingerprint density at radius 3 is 2.79 bits per heavy atom. The van der Waals surface area contributed by atoms with Crippen LogP contribution < -0.4 is 15.4 Å². The number of ether oxygens (including phenoxy) is 1. The third-order valence-electron chi connectivity index (χ3n) is 3.41. The smallest absolute Gasteiger partial charge is 0.226 e. The predicted molar refractivity (Wildman–Crippen MR) is 76.7 cm³/mol. The summed E-state index contributed by atoms with van der Waals surface area (Å²) >= 11 is 0. The van der Waals surface area contributed by atoms with Crippen molar-refractivity contribution in [2.24, 2.45) is 0 Å². The van der Waals surface area contributed by atoms with Crippen molar-refractivity contribution in [3.05, 3.63) is 11.8 Å². The third kappa shape index (κ3) is 4.06. The maximum atomic E-state index is 5.60. The van der Waals surface area contributed by atoms with E-state index in [1.807, 2.05) is 13.0 Å². The van der Waals surface area contributed by atoms with Crippen LogP contribution in [0.5, 0.6) is 5.88 Å². The van der Waals surface area contributed by atoms with Gasteiger partial charge in [0.25, 0.3) is 0 Å². The van der Waals surface area contributed by atoms with Gasteiger partial charge < -0.3 is 15.4 Å². The van der Waals surface area contributed by atoms with Crippen molar-refractivity contribution in [1.29, 1.82) is 0 Å². The summed E-state index contributed by atoms with van der Waals surface area (Å²) in [5, 5.41) is 6.84. The van der Waals surface area contributed by atoms with Gasteiger partial charge in [-0.2, -0.15) is 4.98 Å². The van der Waals surface area contributed by atoms with Crippen LogP contribution >= 0.6 is 0 Å². The number of piperidine rings is 1. The van der Waals surface area contributed by atoms with E-state index in [2.05, 4.69) is 34.4 Å². The van der Waals surface area contributed by atoms with Crippen LogP contribution in [0.4, 0.5) is 5.95 Å². The van der Waals surface area contributed by atoms with Gasteiger partial charge in [0.15, 0.2) is 0 Å². The molecule has 19 heavy (non-hydrogen) atoms. The Morgan fingerprint density at radius 2 is 2.11 bits per heavy atom. The van der Waals surface area contributed by atoms with Gasteiger partial charge in [-0.15, -0.1) is 0 Å². The highest BCUT2D eigenvalue weighted by Gasteiger charge is 2.27. The number of aryl methyl sites for hydroxylation is 1. The fourth-order valence-corrected chi connectivity index (χ4v) is 2.25. The Balaban J connectivity index is 2.08. The van der Waals surface area contributed by atoms with Gasteiger partial charge in [0, 0.05) is 17.3 Å². The lowest BCUT2D eigenvalue weighted by molar-refractivity contribution is 0.304. The number of hydrogen-bond donors (Lipinski definition) is 2. The van der Waals surface area contributed by atoms with Crippen LogP contribution in [0.2, 0.25) is 0 Å². The lowest BCUT2D eigenvalue weighted by Crippen LogP contribution is -2.45. The Bertz CT molecular complexity index is 416. The molecule has 0 aromatic carbocycles. The van der Waals surface area contributed by atoms with Gasteiger partial charge in [0.1, 0.15) is 0 Å². The van der Waals surface area contributed by atoms with Gasteiger partial charge in [0.2, 0.25) is 11.8 Å². The molecule has 1 aliphatic heterocycles. The Kier molecular flexibility index (Phi) is 4.58. The molecule has 2 rings (SSSR count). The number of anilines is 1. The lowest BCUT2D eigenvalue weighted by Gasteiger charge is -2.35. The molecule has 2 N–H and O–H groups in total. The Hall–Kier alpha value is -1.36. The normalized spacial score (nSPS) is 18.1. The van der Waals surface area contributed by atoms with Gasteiger partial charge in [-0.05, 0) is 46.2 Å². The minimum absolute atomic E-state index is 0.0705. The highest BCUT2D eigenvalue weighted by Crippen LogP contribution is 2.23. The fourth-order valence-electron chi connectivity index (χ4n) is 2.25. The first-order valence-corrected chi connectivity index (χ1v) is 7.09. The van der Waals surface area contributed by atoms with Crippen LogP contribution in [-0.2, 0) is 0 Å². The van der Waals surface area contributed by atoms with Gasteiger partial charge in [-0.25, -0.2) is 4.98 Å². The van der Waals surface area contributed by atoms with Crippen molar-refractivity contribution in [2.75, 3.05) is 25.0 Å². The quantitative estimate of drug-likeness (QED) is 0.853. The molecule has 2 heterocycles. The standard InChI is InChI=1S/C14H24N4O/c1-4-9-19-12-10-11(2)16-13(17-12)18-14(3)5-7-15-8-6-14/h10,15H,4-9H2,1-3H3,(H,16,17,18). The van der Waals surface area contributed by atoms with Gasteiger partial charge in [-0.3, -0.25) is 0 Å². The number of nitrogens with zero attached hydrogens (tertiary/aromatic N) is 2. The molecular formula is C14H24N4O. The number of nitrogens with one attached hydrogen (secondary N) is 2. The molecule has 0 atom stereocenters. The van der Waals surface area contributed by atoms with Crippen LogP contribution in [0.15, 0.2) is 6.07 Å². The van der Waals surface area contributed by atoms with Crippen molar-refractivity contribution in [3.8, 4) is 5.88 Å². The van der Waals surface area contributed by atoms with Crippen LogP contribution in [-0.4, -0.2) is 35.2 Å². The minimum atomic E-state index is 0.0705. The average molecular weight is 264 g/mol. The maximum absolute atomic E-state index is 5.60. The maximum Gasteiger partial charge on any atom is 0.226 e. The largest absolute Gasteiger partial charge is 0.478 e. The first-order chi connectivity index (χ1) is 9.11. The molecule has 5 nitrogen and oxygen atoms in total. The summed E-state index contributed by atoms with van der Waals surface area (Å²) in [5.41, 5.74) is 1.00. The fraction of sp³-hybridized carbons (Fsp3) is 0.714. The van der Waals surface area contributed by atoms with E-state index in [1.54, 1.807) is 0 Å². The highest BCUT2D eigenvalue weighted by atomic mass is 16.5. The topological polar surface area (TPSA) is 59.1 Å². The van der Waals surface area contributed by atoms with E-state index in [1.165, 1.54) is 0 Å². The van der Waals surface area contributed by atoms with E-state index in [0.29, 0.717) is 18.4 Å². The molecule has 0 saturated carbocycles. The van der Waals surface area contributed by atoms with Crippen molar-refractivity contribution in [1.82, 2.24) is 15.3 Å². The molecule has 1 aromatic heterocycles. The molecule has 0 spiro atoms. The first-order valence-electron chi connectivity index (χ1n) is 7.09. The van der Waals surface area contributed by atoms with Crippen LogP contribution in [0.1, 0.15) is 38.8 Å². The predicted octanol–water partition coefficient (Wildman–Crippen LogP) is 2.13. The molecule has 1 aromatic rings. The van der Waals surface area contributed by atoms with Crippen molar-refractivity contribution >= 4 is 5.95 Å². The van der Waals surface area contributed by atoms with Crippen LogP contribution in [0.3, 0.4) is 0 Å². The average Bonchev–Trinajstić information content (AvgIpc) is 2.36. The summed E-state index contributed by atoms with van der Waals surface area (Å²) in [7, 11) is 0. The second-order valence-electron chi connectivity index (χ2n) is 5.46. The number of aromatic nitrogens is 2. The van der Waals surface area contributed by atoms with Gasteiger partial charge in [-0.1, -0.05) is 6.92 Å². The lowest BCUT2D eigenvalue weighted by atomic mass is 9.91. The SMILES string of the molecule is CCCOc1cc(C)nc(NC2(C)CCNCC2)n1. The van der Waals surface area contributed by atoms with E-state index in [0.717, 1.165) is 38.0 Å². The summed E-state index contributed by atoms with van der Waals surface area (Å²) in [5.74, 6) is 1.34. The molecule has 5 heteroatoms. The molecule has 0 bridgehead atoms. The van der Waals surface area contributed by atoms with Crippen LogP contribution in [0, 0.1) is 6.92 Å². The minimum Gasteiger partial charge on any atom is -0.478 e. The zero-order valence-corrected chi connectivity index (χ0v) is 12.1. The van der Waals surface area contributed by atoms with Crippen molar-refractivity contribution in [2.45, 2.75) is 45.6 Å². The van der Waals surface area contributed by atoms with E-state index >= 15 is 0 Å². The van der Waals surface area contributed by atoms with E-state index in [4.69, 9.17) is 4.74 Å². The number of rotatable bonds is 5. The summed E-state index contributed by atoms with van der Waals surface area (Å²) in [6, 6.07) is 1.88. The molecule has 0 amide bonds. The number of hydrogen-bond acceptors (Lipinski definition) is 5. The Labute approximate surface area is 115 Å². The van der Waals surface area contributed by atoms with E-state index < -0.39 is 0 Å². The Morgan fingerprint density at radius 1 is 1.37 bits per heavy atom. The molecular weight excluding hydrogens is 240 g/mol. The second kappa shape index (κ2) is 6.19. The molecule has 0 radical (unpaired) electrons. The highest BCUT2D eigenvalue weighted by molar-refractivity contribution is 5.34. The summed E-state index contributed by atoms with van der Waals surface area (Å²) in [4.78, 5) is 8.90. The van der Waals surface area contributed by atoms with Crippen molar-refractivity contribution in [3.63, 3.8) is 0 Å². The summed E-state index contributed by atoms with van der Waals surface area (Å²) < 4.78 is 5.60. The van der Waals surface area contributed by atoms with E-state index in [9.17, 15) is 0 Å². The third-order valence-corrected chi connectivity index (χ3v) is 3.41. The molecule has 0 aliphatic carbocycles. The summed E-state index contributed by atoms with van der Waals surface area (Å²) in [6.07, 6.45) is 3.14.